The van der Waals surface area contributed by atoms with E-state index in [-0.39, 0.29) is 89.0 Å². The average Bonchev–Trinajstić information content (AvgIpc) is 3.57. The van der Waals surface area contributed by atoms with Crippen LogP contribution in [0.1, 0.15) is 301 Å². The number of phosphoric ester groups is 1. The molecule has 4 atom stereocenters. The molecule has 16 heteroatoms. The fourth-order valence-electron chi connectivity index (χ4n) is 11.3. The van der Waals surface area contributed by atoms with Crippen molar-refractivity contribution >= 4 is 37.5 Å². The highest BCUT2D eigenvalue weighted by Crippen LogP contribution is 2.51. The van der Waals surface area contributed by atoms with Gasteiger partial charge in [-0.15, -0.1) is 0 Å². The number of hydrogen-bond acceptors (Lipinski definition) is 12. The number of hydrogen-bond donors (Lipinski definition) is 3. The van der Waals surface area contributed by atoms with Crippen molar-refractivity contribution in [3.63, 3.8) is 0 Å². The third-order valence-corrected chi connectivity index (χ3v) is 18.4. The molecule has 0 radical (unpaired) electrons. The lowest BCUT2D eigenvalue weighted by Gasteiger charge is -2.23. The first kappa shape index (κ1) is 82.3. The first-order valence-corrected chi connectivity index (χ1v) is 38.4. The van der Waals surface area contributed by atoms with Crippen LogP contribution in [0.25, 0.3) is 0 Å². The van der Waals surface area contributed by atoms with Gasteiger partial charge >= 0.3 is 19.8 Å². The van der Waals surface area contributed by atoms with E-state index in [1.807, 2.05) is 91.0 Å². The van der Waals surface area contributed by atoms with Crippen LogP contribution in [0.5, 0.6) is 0 Å². The van der Waals surface area contributed by atoms with Crippen molar-refractivity contribution in [3.8, 4) is 0 Å². The molecule has 0 fully saturated rings. The third-order valence-electron chi connectivity index (χ3n) is 17.0. The van der Waals surface area contributed by atoms with Crippen LogP contribution in [0.15, 0.2) is 91.0 Å². The van der Waals surface area contributed by atoms with Crippen molar-refractivity contribution in [1.29, 1.82) is 0 Å². The Bertz CT molecular complexity index is 2320. The zero-order valence-corrected chi connectivity index (χ0v) is 59.2. The Morgan fingerprint density at radius 2 is 0.806 bits per heavy atom. The van der Waals surface area contributed by atoms with E-state index in [9.17, 15) is 28.5 Å². The average molecular weight is 1320 g/mol. The molecule has 0 saturated carbocycles. The number of phosphoric acid groups is 1. The van der Waals surface area contributed by atoms with E-state index in [1.165, 1.54) is 103 Å². The molecule has 3 aromatic carbocycles. The van der Waals surface area contributed by atoms with Crippen LogP contribution in [-0.4, -0.2) is 73.7 Å². The van der Waals surface area contributed by atoms with Gasteiger partial charge in [-0.05, 0) is 61.6 Å². The van der Waals surface area contributed by atoms with Gasteiger partial charge in [-0.2, -0.15) is 0 Å². The van der Waals surface area contributed by atoms with Crippen molar-refractivity contribution in [3.05, 3.63) is 108 Å². The summed E-state index contributed by atoms with van der Waals surface area (Å²) in [5, 5.41) is 9.08. The summed E-state index contributed by atoms with van der Waals surface area (Å²) in [5.74, 6) is -1.83. The van der Waals surface area contributed by atoms with Crippen molar-refractivity contribution < 1.29 is 56.3 Å². The molecule has 0 saturated heterocycles. The van der Waals surface area contributed by atoms with Gasteiger partial charge in [0.2, 0.25) is 17.7 Å². The van der Waals surface area contributed by atoms with Crippen LogP contribution in [0.4, 0.5) is 0 Å². The smallest absolute Gasteiger partial charge is 0.463 e. The van der Waals surface area contributed by atoms with Crippen LogP contribution in [0.3, 0.4) is 0 Å². The first-order valence-electron chi connectivity index (χ1n) is 36.9. The van der Waals surface area contributed by atoms with Crippen molar-refractivity contribution in [2.24, 2.45) is 0 Å². The van der Waals surface area contributed by atoms with E-state index in [4.69, 9.17) is 27.8 Å². The summed E-state index contributed by atoms with van der Waals surface area (Å²) in [6.07, 6.45) is 36.1. The number of esters is 2. The summed E-state index contributed by atoms with van der Waals surface area (Å²) in [6.45, 7) is 8.90. The number of unbranched alkanes of at least 4 members (excludes halogenated alkanes) is 27. The second-order valence-corrected chi connectivity index (χ2v) is 27.3. The van der Waals surface area contributed by atoms with E-state index >= 15 is 0 Å². The normalized spacial score (nSPS) is 12.8. The summed E-state index contributed by atoms with van der Waals surface area (Å²) < 4.78 is 50.5. The van der Waals surface area contributed by atoms with Gasteiger partial charge in [0.25, 0.3) is 0 Å². The fourth-order valence-corrected chi connectivity index (χ4v) is 12.5. The SMILES string of the molecule is CCCCCCCCCCCC(=O)O[C@H](CCCCCCCCCCC)CC(=O)N[C@@H](CCOP(=O)(OCc1ccccc1)OCc1ccccc1)C(=O)NCCC[C@H](COC(=O)CCCCCC)NC(=O)C[C@@H](CCCCCCCCCCC)OCc1ccccc1. The number of benzene rings is 3. The number of nitrogens with one attached hydrogen (secondary N) is 3. The standard InChI is InChI=1S/C77H126N3O12P/c1-5-9-13-17-20-23-26-29-41-53-70(87-62-66-46-35-32-36-47-66)60-73(81)79-69(65-88-75(83)55-43-16-12-8-4)52-45-58-78-77(85)72(57-59-89-93(86,90-63-67-48-37-33-38-49-67)91-64-68-50-39-34-40-51-68)80-74(82)61-71(54-42-30-27-24-21-18-14-10-6-2)92-76(84)56-44-31-28-25-22-19-15-11-7-3/h32-40,46-51,69-72H,5-31,41-45,52-65H2,1-4H3,(H,78,85)(H,79,81)(H,80,82)/t69-,70-,71-,72+/m1/s1. The van der Waals surface area contributed by atoms with Gasteiger partial charge in [-0.1, -0.05) is 298 Å². The maximum Gasteiger partial charge on any atom is 0.475 e. The minimum Gasteiger partial charge on any atom is -0.463 e. The minimum absolute atomic E-state index is 0.0289. The van der Waals surface area contributed by atoms with Gasteiger partial charge in [-0.25, -0.2) is 4.57 Å². The summed E-state index contributed by atoms with van der Waals surface area (Å²) >= 11 is 0. The molecule has 0 aliphatic heterocycles. The van der Waals surface area contributed by atoms with Crippen LogP contribution in [0, 0.1) is 0 Å². The van der Waals surface area contributed by atoms with Crippen LogP contribution < -0.4 is 16.0 Å². The molecule has 0 aliphatic carbocycles. The highest BCUT2D eigenvalue weighted by atomic mass is 31.2. The Morgan fingerprint density at radius 3 is 1.29 bits per heavy atom. The van der Waals surface area contributed by atoms with Gasteiger partial charge < -0.3 is 30.2 Å². The summed E-state index contributed by atoms with van der Waals surface area (Å²) in [7, 11) is -4.26. The van der Waals surface area contributed by atoms with Crippen LogP contribution in [-0.2, 0) is 76.1 Å². The minimum atomic E-state index is -4.26. The molecule has 0 aromatic heterocycles. The molecule has 15 nitrogen and oxygen atoms in total. The lowest BCUT2D eigenvalue weighted by Crippen LogP contribution is -2.48. The highest BCUT2D eigenvalue weighted by molar-refractivity contribution is 7.48. The molecule has 3 N–H and O–H groups in total. The maximum atomic E-state index is 14.4. The van der Waals surface area contributed by atoms with E-state index in [0.29, 0.717) is 25.9 Å². The Labute approximate surface area is 563 Å². The highest BCUT2D eigenvalue weighted by Gasteiger charge is 2.30. The Hall–Kier alpha value is -4.92. The second kappa shape index (κ2) is 56.3. The number of carbonyl (C=O) groups excluding carboxylic acids is 5. The van der Waals surface area contributed by atoms with E-state index in [2.05, 4.69) is 43.6 Å². The third kappa shape index (κ3) is 45.2. The summed E-state index contributed by atoms with van der Waals surface area (Å²) in [4.78, 5) is 69.2. The van der Waals surface area contributed by atoms with Crippen molar-refractivity contribution in [2.75, 3.05) is 19.8 Å². The molecule has 3 rings (SSSR count). The monoisotopic (exact) mass is 1320 g/mol. The zero-order valence-electron chi connectivity index (χ0n) is 58.3. The Kier molecular flexibility index (Phi) is 49.8. The topological polar surface area (TPSA) is 194 Å². The molecule has 0 bridgehead atoms. The lowest BCUT2D eigenvalue weighted by molar-refractivity contribution is -0.151. The van der Waals surface area contributed by atoms with Gasteiger partial charge in [0.1, 0.15) is 18.8 Å². The number of amides is 3. The molecule has 0 spiro atoms. The molecule has 93 heavy (non-hydrogen) atoms. The number of carbonyl (C=O) groups is 5. The molecule has 3 aromatic rings. The Morgan fingerprint density at radius 1 is 0.409 bits per heavy atom. The van der Waals surface area contributed by atoms with E-state index in [1.54, 1.807) is 0 Å². The van der Waals surface area contributed by atoms with Gasteiger partial charge in [-0.3, -0.25) is 37.5 Å². The molecular formula is C77H126N3O12P. The number of rotatable bonds is 62. The number of ether oxygens (including phenoxy) is 3. The van der Waals surface area contributed by atoms with Crippen LogP contribution >= 0.6 is 7.82 Å². The van der Waals surface area contributed by atoms with Gasteiger partial charge in [0.15, 0.2) is 0 Å². The quantitative estimate of drug-likeness (QED) is 0.0275. The largest absolute Gasteiger partial charge is 0.475 e. The Balaban J connectivity index is 1.80. The predicted octanol–water partition coefficient (Wildman–Crippen LogP) is 19.4. The predicted molar refractivity (Wildman–Crippen MR) is 376 cm³/mol. The molecule has 0 aliphatic rings. The fraction of sp³-hybridized carbons (Fsp3) is 0.701. The van der Waals surface area contributed by atoms with Gasteiger partial charge in [0.05, 0.1) is 51.4 Å². The first-order chi connectivity index (χ1) is 45.4. The maximum absolute atomic E-state index is 14.4. The molecular weight excluding hydrogens is 1190 g/mol. The summed E-state index contributed by atoms with van der Waals surface area (Å²) in [5.41, 5.74) is 2.54. The van der Waals surface area contributed by atoms with Crippen LogP contribution in [0.2, 0.25) is 0 Å². The zero-order chi connectivity index (χ0) is 66.9. The van der Waals surface area contributed by atoms with E-state index in [0.717, 1.165) is 119 Å². The second-order valence-electron chi connectivity index (χ2n) is 25.7. The molecule has 526 valence electrons. The molecule has 3 amide bonds. The van der Waals surface area contributed by atoms with Crippen molar-refractivity contribution in [2.45, 2.75) is 329 Å². The summed E-state index contributed by atoms with van der Waals surface area (Å²) in [6, 6.07) is 26.7. The lowest BCUT2D eigenvalue weighted by atomic mass is 10.0. The van der Waals surface area contributed by atoms with Gasteiger partial charge in [0, 0.05) is 25.8 Å². The molecule has 0 unspecified atom stereocenters. The van der Waals surface area contributed by atoms with E-state index < -0.39 is 37.8 Å². The van der Waals surface area contributed by atoms with Crippen molar-refractivity contribution in [1.82, 2.24) is 16.0 Å². The molecule has 0 heterocycles.